The number of aliphatic hydroxyl groups excluding tert-OH is 1. The van der Waals surface area contributed by atoms with Crippen molar-refractivity contribution < 1.29 is 213 Å². The van der Waals surface area contributed by atoms with Gasteiger partial charge in [0.1, 0.15) is 88.6 Å². The summed E-state index contributed by atoms with van der Waals surface area (Å²) in [4.78, 5) is 46.4. The minimum absolute atomic E-state index is 0. The number of carboxylic acid groups (broad SMARTS) is 1. The fraction of sp³-hybridized carbons (Fsp3) is 0.333. The maximum atomic E-state index is 15.5. The molecule has 0 saturated heterocycles. The zero-order valence-electron chi connectivity index (χ0n) is 76.0. The normalized spacial score (nSPS) is 11.1. The molecule has 129 heavy (non-hydrogen) atoms. The van der Waals surface area contributed by atoms with Gasteiger partial charge in [-0.2, -0.15) is 0 Å². The third-order valence-electron chi connectivity index (χ3n) is 21.3. The van der Waals surface area contributed by atoms with Gasteiger partial charge in [0.15, 0.2) is 16.6 Å². The molecular weight excluding hydrogens is 1830 g/mol. The predicted octanol–water partition coefficient (Wildman–Crippen LogP) is 12.4. The molecule has 0 amide bonds. The monoisotopic (exact) mass is 1950 g/mol. The Labute approximate surface area is 856 Å². The molecule has 12 rings (SSSR count). The molecule has 0 aliphatic heterocycles. The van der Waals surface area contributed by atoms with Crippen LogP contribution in [0.25, 0.3) is 55.2 Å². The zero-order chi connectivity index (χ0) is 91.3. The number of carbonyl (C=O) groups is 4. The summed E-state index contributed by atoms with van der Waals surface area (Å²) in [6, 6.07) is 54.1. The number of furan rings is 3. The molecule has 0 atom stereocenters. The first-order chi connectivity index (χ1) is 59.5. The number of para-hydroxylation sites is 3. The van der Waals surface area contributed by atoms with Crippen molar-refractivity contribution in [1.82, 2.24) is 0 Å². The summed E-state index contributed by atoms with van der Waals surface area (Å²) < 4.78 is 104. The molecule has 0 radical (unpaired) electrons. The van der Waals surface area contributed by atoms with Gasteiger partial charge in [0.2, 0.25) is 0 Å². The fourth-order valence-electron chi connectivity index (χ4n) is 12.7. The number of carbonyl (C=O) groups excluding carboxylic acids is 3. The minimum Gasteiger partial charge on any atom is -1.00 e. The summed E-state index contributed by atoms with van der Waals surface area (Å²) in [5.41, 5.74) is 26.4. The quantitative estimate of drug-likeness (QED) is 0.00647. The number of esters is 2. The number of hydrogen-bond acceptors (Lipinski definition) is 22. The van der Waals surface area contributed by atoms with Crippen LogP contribution in [-0.2, 0) is 120 Å². The molecule has 0 fully saturated rings. The third-order valence-corrected chi connectivity index (χ3v) is 30.9. The van der Waals surface area contributed by atoms with Crippen LogP contribution in [0, 0.1) is 17.5 Å². The number of halogens is 5. The van der Waals surface area contributed by atoms with Crippen LogP contribution in [0.1, 0.15) is 132 Å². The molecule has 9 aromatic carbocycles. The Morgan fingerprint density at radius 3 is 1.18 bits per heavy atom. The first-order valence-electron chi connectivity index (χ1n) is 40.9. The minimum atomic E-state index is -1.90. The van der Waals surface area contributed by atoms with Gasteiger partial charge in [0.05, 0.1) is 43.6 Å². The van der Waals surface area contributed by atoms with E-state index in [9.17, 15) is 23.9 Å². The van der Waals surface area contributed by atoms with Gasteiger partial charge in [-0.3, -0.25) is 19.2 Å². The number of hydrogen-bond donors (Lipinski definition) is 7. The molecule has 0 bridgehead atoms. The van der Waals surface area contributed by atoms with Gasteiger partial charge in [-0.05, 0) is 156 Å². The summed E-state index contributed by atoms with van der Waals surface area (Å²) in [6.07, 6.45) is 1.85. The van der Waals surface area contributed by atoms with E-state index >= 15 is 8.78 Å². The van der Waals surface area contributed by atoms with Gasteiger partial charge >= 0.3 is 128 Å². The van der Waals surface area contributed by atoms with Crippen LogP contribution >= 0.6 is 28.3 Å². The Kier molecular flexibility index (Phi) is 48.6. The number of rotatable bonds is 34. The molecule has 0 aliphatic carbocycles. The predicted molar refractivity (Wildman–Crippen MR) is 498 cm³/mol. The van der Waals surface area contributed by atoms with Crippen molar-refractivity contribution in [1.29, 1.82) is 0 Å². The van der Waals surface area contributed by atoms with Crippen molar-refractivity contribution in [2.45, 2.75) is 177 Å². The van der Waals surface area contributed by atoms with Gasteiger partial charge in [-0.25, -0.2) is 13.2 Å². The van der Waals surface area contributed by atoms with Crippen LogP contribution in [-0.4, -0.2) is 101 Å². The Morgan fingerprint density at radius 1 is 0.496 bits per heavy atom. The molecule has 12 aromatic rings. The Hall–Kier alpha value is -7.15. The van der Waals surface area contributed by atoms with Gasteiger partial charge in [-0.15, -0.1) is 12.4 Å². The maximum Gasteiger partial charge on any atom is 1.00 e. The summed E-state index contributed by atoms with van der Waals surface area (Å²) >= 11 is 3.64. The zero-order valence-corrected chi connectivity index (χ0v) is 85.6. The van der Waals surface area contributed by atoms with Crippen molar-refractivity contribution in [3.63, 3.8) is 0 Å². The van der Waals surface area contributed by atoms with Gasteiger partial charge in [-0.1, -0.05) is 158 Å². The number of benzene rings is 9. The Bertz CT molecular complexity index is 5620. The molecule has 3 heterocycles. The van der Waals surface area contributed by atoms with Crippen LogP contribution in [0.15, 0.2) is 200 Å². The second-order valence-corrected chi connectivity index (χ2v) is 42.7. The Balaban J connectivity index is 0.000000456. The molecule has 23 nitrogen and oxygen atoms in total. The van der Waals surface area contributed by atoms with E-state index in [0.717, 1.165) is 72.0 Å². The molecular formula is C96H117BBrClF3K2N3O20Si2. The van der Waals surface area contributed by atoms with Crippen LogP contribution in [0.4, 0.5) is 13.2 Å². The van der Waals surface area contributed by atoms with E-state index in [0.29, 0.717) is 119 Å². The van der Waals surface area contributed by atoms with E-state index in [1.54, 1.807) is 80.6 Å². The topological polar surface area (TPSA) is 364 Å². The van der Waals surface area contributed by atoms with E-state index in [-0.39, 0.29) is 228 Å². The number of ether oxygens (including phenoxy) is 5. The van der Waals surface area contributed by atoms with Gasteiger partial charge < -0.3 is 94.8 Å². The van der Waals surface area contributed by atoms with Crippen LogP contribution in [0.3, 0.4) is 0 Å². The summed E-state index contributed by atoms with van der Waals surface area (Å²) in [5.74, 6) is 1.11. The van der Waals surface area contributed by atoms with Crippen molar-refractivity contribution >= 4 is 115 Å². The van der Waals surface area contributed by atoms with E-state index in [2.05, 4.69) is 101 Å². The second-order valence-electron chi connectivity index (χ2n) is 32.2. The number of nitrogens with two attached hydrogens (primary N) is 3. The molecule has 0 spiro atoms. The first-order valence-corrected chi connectivity index (χ1v) is 47.5. The average molecular weight is 1950 g/mol. The molecule has 3 aromatic heterocycles. The van der Waals surface area contributed by atoms with Crippen molar-refractivity contribution in [3.05, 3.63) is 271 Å². The number of aliphatic hydroxyl groups is 1. The van der Waals surface area contributed by atoms with Crippen molar-refractivity contribution in [2.24, 2.45) is 17.2 Å². The standard InChI is InChI=1S/C34H42FNO5Si.C27H35BrO5Si.C26H24FNO5.C7H9BFNO2.CH2O3.CH4.ClH.2K.H/c1-7-38-31(37)20-24-11-8-9-14-30(24)39-22-23-17-26-19-27(15-16-40-42(5,6)34(2,3)4)41-33(26)29(18-23)28-13-10-12-25(21-36)32(28)35;1-7-30-25(29)17-20-10-8-9-11-24(20)31-18-19-14-21-16-22(33-26(21)23(28)15-19)12-13-32-34(5,6)27(2,3)4;27-25-18(14-28)5-3-6-21(25)22-11-16(10-19-12-20(8-9-29)33-26(19)22)15-32-23-7-2-1-4-17(23)13-24(30)31;9-7-5(4-10)2-1-3-6(7)8(11)12;2-1-4-3;;;;;/h8-14,17-19H,7,15-16,20-22,36H2,1-6H3;8-11,14-16H,7,12-13,17-18H2,1-6H3;1-7,10-12,29H,8-9,13-15,28H2,(H,30,31);1-3,11-12H,4,10H2;1,3H;1H4;1H;;;/q;;;;;;;2*+1;-1/p-1. The molecule has 0 aliphatic rings. The van der Waals surface area contributed by atoms with Crippen LogP contribution in [0.2, 0.25) is 36.3 Å². The molecule has 33 heteroatoms. The number of carboxylic acids is 1. The Morgan fingerprint density at radius 2 is 0.829 bits per heavy atom. The number of fused-ring (bicyclic) bond motifs is 3. The molecule has 0 saturated carbocycles. The number of aliphatic carboxylic acids is 1. The first kappa shape index (κ1) is 114. The van der Waals surface area contributed by atoms with Crippen LogP contribution in [0.5, 0.6) is 17.2 Å². The van der Waals surface area contributed by atoms with E-state index < -0.39 is 41.4 Å². The van der Waals surface area contributed by atoms with Crippen LogP contribution < -0.4 is 145 Å². The van der Waals surface area contributed by atoms with E-state index in [4.69, 9.17) is 88.2 Å². The average Bonchev–Trinajstić information content (AvgIpc) is 1.59. The molecule has 684 valence electrons. The van der Waals surface area contributed by atoms with E-state index in [1.165, 1.54) is 18.2 Å². The third kappa shape index (κ3) is 33.2. The molecule has 0 unspecified atom stereocenters. The van der Waals surface area contributed by atoms with Gasteiger partial charge in [0, 0.05) is 129 Å². The molecule has 10 N–H and O–H groups in total. The fourth-order valence-corrected chi connectivity index (χ4v) is 15.4. The van der Waals surface area contributed by atoms with Crippen molar-refractivity contribution in [3.8, 4) is 39.5 Å². The maximum absolute atomic E-state index is 15.5. The summed E-state index contributed by atoms with van der Waals surface area (Å²) in [5, 5.41) is 47.2. The largest absolute Gasteiger partial charge is 1.00 e. The summed E-state index contributed by atoms with van der Waals surface area (Å²) in [6.45, 7) is 28.6. The van der Waals surface area contributed by atoms with E-state index in [1.807, 2.05) is 84.9 Å². The smallest absolute Gasteiger partial charge is 1.00 e. The SMILES string of the molecule is C.CCOC(=O)Cc1ccccc1OCc1cc(-c2cccc(CN)c2F)c2oc(CCO[Si](C)(C)C(C)(C)C)cc2c1.CCOC(=O)Cc1ccccc1OCc1cc(Br)c2oc(CCO[Si](C)(C)C(C)(C)C)cc2c1.Cl.NCc1cccc(-c2cc(COc3ccccc3CC(=O)O)cc3cc(CCO)oc23)c1F.NCc1cccc(B(O)O)c1F.O=CO[O-].[H-].[K+].[K+]. The van der Waals surface area contributed by atoms with Gasteiger partial charge in [0.25, 0.3) is 6.47 Å². The second kappa shape index (κ2) is 54.9. The van der Waals surface area contributed by atoms with Crippen molar-refractivity contribution in [2.75, 3.05) is 33.0 Å². The summed E-state index contributed by atoms with van der Waals surface area (Å²) in [7, 11) is -5.46.